The number of nitrogens with one attached hydrogen (secondary N) is 1. The van der Waals surface area contributed by atoms with E-state index in [-0.39, 0.29) is 5.75 Å². The van der Waals surface area contributed by atoms with Crippen LogP contribution in [0.5, 0.6) is 11.5 Å². The third-order valence-corrected chi connectivity index (χ3v) is 3.50. The van der Waals surface area contributed by atoms with E-state index >= 15 is 0 Å². The molecule has 0 aromatic heterocycles. The first-order chi connectivity index (χ1) is 9.10. The van der Waals surface area contributed by atoms with E-state index in [4.69, 9.17) is 4.74 Å². The van der Waals surface area contributed by atoms with Gasteiger partial charge in [-0.25, -0.2) is 4.39 Å². The number of ether oxygens (including phenoxy) is 1. The van der Waals surface area contributed by atoms with Crippen molar-refractivity contribution in [3.8, 4) is 11.5 Å². The molecule has 0 fully saturated rings. The Kier molecular flexibility index (Phi) is 4.96. The lowest BCUT2D eigenvalue weighted by atomic mass is 10.2. The minimum atomic E-state index is -0.390. The van der Waals surface area contributed by atoms with Crippen LogP contribution in [0.3, 0.4) is 0 Å². The molecule has 0 bridgehead atoms. The second-order valence-corrected chi connectivity index (χ2v) is 5.79. The van der Waals surface area contributed by atoms with Gasteiger partial charge in [0.2, 0.25) is 0 Å². The van der Waals surface area contributed by atoms with Gasteiger partial charge in [0.15, 0.2) is 11.6 Å². The van der Waals surface area contributed by atoms with Crippen LogP contribution in [0.4, 0.5) is 4.39 Å². The SMILES string of the molecule is CNCc1ccc(Br)cc1Oc1cc(Br)ccc1F. The summed E-state index contributed by atoms with van der Waals surface area (Å²) in [6, 6.07) is 10.3. The predicted octanol–water partition coefficient (Wildman–Crippen LogP) is 4.86. The van der Waals surface area contributed by atoms with Gasteiger partial charge in [-0.1, -0.05) is 37.9 Å². The highest BCUT2D eigenvalue weighted by Gasteiger charge is 2.09. The molecule has 1 N–H and O–H groups in total. The number of hydrogen-bond acceptors (Lipinski definition) is 2. The minimum absolute atomic E-state index is 0.199. The standard InChI is InChI=1S/C14H12Br2FNO/c1-18-8-9-2-3-10(15)6-13(9)19-14-7-11(16)4-5-12(14)17/h2-7,18H,8H2,1H3. The molecule has 0 unspecified atom stereocenters. The Bertz CT molecular complexity index is 590. The van der Waals surface area contributed by atoms with E-state index in [1.807, 2.05) is 25.2 Å². The second-order valence-electron chi connectivity index (χ2n) is 3.96. The van der Waals surface area contributed by atoms with E-state index in [1.165, 1.54) is 6.07 Å². The highest BCUT2D eigenvalue weighted by Crippen LogP contribution is 2.31. The van der Waals surface area contributed by atoms with Gasteiger partial charge in [-0.2, -0.15) is 0 Å². The van der Waals surface area contributed by atoms with Gasteiger partial charge in [0.1, 0.15) is 5.75 Å². The third-order valence-electron chi connectivity index (χ3n) is 2.51. The van der Waals surface area contributed by atoms with E-state index in [2.05, 4.69) is 37.2 Å². The Morgan fingerprint density at radius 1 is 1.05 bits per heavy atom. The quantitative estimate of drug-likeness (QED) is 0.807. The lowest BCUT2D eigenvalue weighted by Gasteiger charge is -2.12. The van der Waals surface area contributed by atoms with Gasteiger partial charge in [0.05, 0.1) is 0 Å². The van der Waals surface area contributed by atoms with Crippen molar-refractivity contribution in [2.75, 3.05) is 7.05 Å². The molecule has 0 saturated carbocycles. The molecule has 0 aliphatic heterocycles. The summed E-state index contributed by atoms with van der Waals surface area (Å²) in [5.74, 6) is 0.434. The van der Waals surface area contributed by atoms with Gasteiger partial charge >= 0.3 is 0 Å². The zero-order valence-electron chi connectivity index (χ0n) is 10.2. The van der Waals surface area contributed by atoms with Crippen LogP contribution in [0, 0.1) is 5.82 Å². The van der Waals surface area contributed by atoms with Crippen LogP contribution in [-0.2, 0) is 6.54 Å². The average molecular weight is 389 g/mol. The van der Waals surface area contributed by atoms with Gasteiger partial charge < -0.3 is 10.1 Å². The summed E-state index contributed by atoms with van der Waals surface area (Å²) in [7, 11) is 1.85. The Hall–Kier alpha value is -0.910. The fraction of sp³-hybridized carbons (Fsp3) is 0.143. The lowest BCUT2D eigenvalue weighted by Crippen LogP contribution is -2.06. The lowest BCUT2D eigenvalue weighted by molar-refractivity contribution is 0.436. The van der Waals surface area contributed by atoms with E-state index < -0.39 is 5.82 Å². The van der Waals surface area contributed by atoms with Crippen LogP contribution in [0.15, 0.2) is 45.3 Å². The highest BCUT2D eigenvalue weighted by atomic mass is 79.9. The molecule has 0 heterocycles. The molecule has 2 nitrogen and oxygen atoms in total. The van der Waals surface area contributed by atoms with Crippen molar-refractivity contribution in [1.82, 2.24) is 5.32 Å². The smallest absolute Gasteiger partial charge is 0.165 e. The zero-order valence-corrected chi connectivity index (χ0v) is 13.4. The molecular weight excluding hydrogens is 377 g/mol. The number of hydrogen-bond donors (Lipinski definition) is 1. The number of rotatable bonds is 4. The first-order valence-corrected chi connectivity index (χ1v) is 7.24. The Balaban J connectivity index is 2.36. The number of halogens is 3. The maximum atomic E-state index is 13.7. The van der Waals surface area contributed by atoms with E-state index in [9.17, 15) is 4.39 Å². The Morgan fingerprint density at radius 2 is 1.68 bits per heavy atom. The molecule has 0 radical (unpaired) electrons. The second kappa shape index (κ2) is 6.50. The molecular formula is C14H12Br2FNO. The summed E-state index contributed by atoms with van der Waals surface area (Å²) in [4.78, 5) is 0. The summed E-state index contributed by atoms with van der Waals surface area (Å²) in [6.45, 7) is 0.651. The first-order valence-electron chi connectivity index (χ1n) is 5.66. The van der Waals surface area contributed by atoms with Crippen LogP contribution in [0.2, 0.25) is 0 Å². The van der Waals surface area contributed by atoms with Crippen molar-refractivity contribution >= 4 is 31.9 Å². The predicted molar refractivity (Wildman–Crippen MR) is 81.1 cm³/mol. The molecule has 2 aromatic rings. The monoisotopic (exact) mass is 387 g/mol. The molecule has 0 atom stereocenters. The molecule has 5 heteroatoms. The molecule has 0 spiro atoms. The van der Waals surface area contributed by atoms with Crippen molar-refractivity contribution in [3.63, 3.8) is 0 Å². The molecule has 0 aliphatic carbocycles. The van der Waals surface area contributed by atoms with Crippen LogP contribution in [0.25, 0.3) is 0 Å². The average Bonchev–Trinajstić information content (AvgIpc) is 2.37. The Morgan fingerprint density at radius 3 is 2.37 bits per heavy atom. The highest BCUT2D eigenvalue weighted by molar-refractivity contribution is 9.10. The van der Waals surface area contributed by atoms with Gasteiger partial charge in [-0.15, -0.1) is 0 Å². The minimum Gasteiger partial charge on any atom is -0.454 e. The fourth-order valence-electron chi connectivity index (χ4n) is 1.63. The maximum absolute atomic E-state index is 13.7. The Labute approximate surface area is 128 Å². The summed E-state index contributed by atoms with van der Waals surface area (Å²) in [5.41, 5.74) is 0.963. The largest absolute Gasteiger partial charge is 0.454 e. The molecule has 2 rings (SSSR count). The van der Waals surface area contributed by atoms with E-state index in [0.717, 1.165) is 14.5 Å². The van der Waals surface area contributed by atoms with Crippen molar-refractivity contribution in [3.05, 3.63) is 56.7 Å². The summed E-state index contributed by atoms with van der Waals surface area (Å²) >= 11 is 6.70. The van der Waals surface area contributed by atoms with Crippen LogP contribution in [0.1, 0.15) is 5.56 Å². The van der Waals surface area contributed by atoms with Gasteiger partial charge in [-0.3, -0.25) is 0 Å². The zero-order chi connectivity index (χ0) is 13.8. The van der Waals surface area contributed by atoms with Gasteiger partial charge in [0, 0.05) is 21.1 Å². The molecule has 0 saturated heterocycles. The first kappa shape index (κ1) is 14.5. The fourth-order valence-corrected chi connectivity index (χ4v) is 2.31. The van der Waals surface area contributed by atoms with Gasteiger partial charge in [0.25, 0.3) is 0 Å². The molecule has 2 aromatic carbocycles. The summed E-state index contributed by atoms with van der Waals surface area (Å²) < 4.78 is 21.0. The molecule has 19 heavy (non-hydrogen) atoms. The third kappa shape index (κ3) is 3.78. The maximum Gasteiger partial charge on any atom is 0.165 e. The van der Waals surface area contributed by atoms with Crippen molar-refractivity contribution < 1.29 is 9.13 Å². The van der Waals surface area contributed by atoms with Crippen molar-refractivity contribution in [1.29, 1.82) is 0 Å². The van der Waals surface area contributed by atoms with Crippen molar-refractivity contribution in [2.24, 2.45) is 0 Å². The normalized spacial score (nSPS) is 10.5. The topological polar surface area (TPSA) is 21.3 Å². The van der Waals surface area contributed by atoms with Crippen LogP contribution in [-0.4, -0.2) is 7.05 Å². The van der Waals surface area contributed by atoms with Crippen molar-refractivity contribution in [2.45, 2.75) is 6.54 Å². The molecule has 100 valence electrons. The van der Waals surface area contributed by atoms with E-state index in [1.54, 1.807) is 12.1 Å². The van der Waals surface area contributed by atoms with E-state index in [0.29, 0.717) is 12.3 Å². The van der Waals surface area contributed by atoms with Crippen LogP contribution >= 0.6 is 31.9 Å². The van der Waals surface area contributed by atoms with Crippen LogP contribution < -0.4 is 10.1 Å². The summed E-state index contributed by atoms with van der Waals surface area (Å²) in [5, 5.41) is 3.06. The summed E-state index contributed by atoms with van der Waals surface area (Å²) in [6.07, 6.45) is 0. The van der Waals surface area contributed by atoms with Gasteiger partial charge in [-0.05, 0) is 37.4 Å². The molecule has 0 aliphatic rings. The molecule has 0 amide bonds. The number of benzene rings is 2.